The molecule has 0 unspecified atom stereocenters. The van der Waals surface area contributed by atoms with Crippen molar-refractivity contribution < 1.29 is 24.5 Å². The molecule has 0 spiro atoms. The summed E-state index contributed by atoms with van der Waals surface area (Å²) < 4.78 is 5.70. The van der Waals surface area contributed by atoms with E-state index in [0.29, 0.717) is 24.0 Å². The first-order chi connectivity index (χ1) is 10.0. The minimum absolute atomic E-state index is 0.0283. The zero-order valence-corrected chi connectivity index (χ0v) is 11.6. The highest BCUT2D eigenvalue weighted by molar-refractivity contribution is 6.28. The number of phenols is 1. The van der Waals surface area contributed by atoms with Crippen molar-refractivity contribution in [1.82, 2.24) is 0 Å². The Morgan fingerprint density at radius 3 is 2.76 bits per heavy atom. The Hall–Kier alpha value is -1.98. The number of ether oxygens (including phenoxy) is 1. The number of aromatic hydroxyl groups is 1. The normalized spacial score (nSPS) is 24.9. The van der Waals surface area contributed by atoms with Crippen LogP contribution in [0.4, 0.5) is 0 Å². The Kier molecular flexibility index (Phi) is 3.39. The lowest BCUT2D eigenvalue weighted by molar-refractivity contribution is -0.00757. The summed E-state index contributed by atoms with van der Waals surface area (Å²) in [5.74, 6) is -0.747. The minimum atomic E-state index is -0.519. The van der Waals surface area contributed by atoms with Crippen molar-refractivity contribution >= 4 is 11.6 Å². The van der Waals surface area contributed by atoms with E-state index in [1.165, 1.54) is 6.07 Å². The molecular weight excluding hydrogens is 272 g/mol. The molecule has 0 radical (unpaired) electrons. The third-order valence-electron chi connectivity index (χ3n) is 4.04. The summed E-state index contributed by atoms with van der Waals surface area (Å²) in [5, 5.41) is 18.9. The van der Waals surface area contributed by atoms with Crippen LogP contribution in [0.2, 0.25) is 0 Å². The molecule has 2 atom stereocenters. The lowest BCUT2D eigenvalue weighted by atomic mass is 9.78. The fraction of sp³-hybridized carbons (Fsp3) is 0.375. The van der Waals surface area contributed by atoms with Gasteiger partial charge in [0.1, 0.15) is 5.75 Å². The Morgan fingerprint density at radius 2 is 2.05 bits per heavy atom. The van der Waals surface area contributed by atoms with Gasteiger partial charge in [-0.25, -0.2) is 0 Å². The van der Waals surface area contributed by atoms with E-state index in [1.807, 2.05) is 0 Å². The molecule has 1 aliphatic heterocycles. The molecule has 2 aliphatic rings. The predicted octanol–water partition coefficient (Wildman–Crippen LogP) is 1.63. The zero-order chi connectivity index (χ0) is 15.1. The van der Waals surface area contributed by atoms with Crippen LogP contribution in [0.5, 0.6) is 5.75 Å². The quantitative estimate of drug-likeness (QED) is 0.864. The second-order valence-electron chi connectivity index (χ2n) is 5.37. The first kappa shape index (κ1) is 14.0. The standard InChI is InChI=1S/C16H16O5/c1-8-13-11(7-9(21-8)5-6-17)15(19)10-3-2-4-12(18)14(10)16(13)20/h2-4,8-9,17-18H,5-7H2,1H3/t8-,9-/m1/s1. The number of Topliss-reactive ketones (excluding diaryl/α,β-unsaturated/α-hetero) is 2. The van der Waals surface area contributed by atoms with Gasteiger partial charge in [0.15, 0.2) is 11.6 Å². The largest absolute Gasteiger partial charge is 0.507 e. The van der Waals surface area contributed by atoms with E-state index in [4.69, 9.17) is 9.84 Å². The number of aliphatic hydroxyl groups excluding tert-OH is 1. The van der Waals surface area contributed by atoms with Gasteiger partial charge in [0.05, 0.1) is 17.8 Å². The van der Waals surface area contributed by atoms with Gasteiger partial charge in [0.2, 0.25) is 0 Å². The summed E-state index contributed by atoms with van der Waals surface area (Å²) in [6, 6.07) is 4.51. The van der Waals surface area contributed by atoms with Gasteiger partial charge < -0.3 is 14.9 Å². The molecule has 1 aromatic carbocycles. The van der Waals surface area contributed by atoms with Crippen LogP contribution in [-0.2, 0) is 4.74 Å². The Labute approximate surface area is 121 Å². The minimum Gasteiger partial charge on any atom is -0.507 e. The van der Waals surface area contributed by atoms with Crippen molar-refractivity contribution in [3.63, 3.8) is 0 Å². The summed E-state index contributed by atoms with van der Waals surface area (Å²) in [6.45, 7) is 1.69. The number of ketones is 2. The number of fused-ring (bicyclic) bond motifs is 1. The molecule has 3 rings (SSSR count). The van der Waals surface area contributed by atoms with Crippen LogP contribution in [0.25, 0.3) is 0 Å². The van der Waals surface area contributed by atoms with E-state index in [1.54, 1.807) is 19.1 Å². The number of hydrogen-bond donors (Lipinski definition) is 2. The molecule has 0 fully saturated rings. The fourth-order valence-corrected chi connectivity index (χ4v) is 3.10. The van der Waals surface area contributed by atoms with Crippen molar-refractivity contribution in [2.75, 3.05) is 6.61 Å². The summed E-state index contributed by atoms with van der Waals surface area (Å²) in [7, 11) is 0. The topological polar surface area (TPSA) is 83.8 Å². The molecule has 1 aliphatic carbocycles. The molecule has 2 N–H and O–H groups in total. The molecule has 0 bridgehead atoms. The van der Waals surface area contributed by atoms with E-state index in [0.717, 1.165) is 0 Å². The monoisotopic (exact) mass is 288 g/mol. The summed E-state index contributed by atoms with van der Waals surface area (Å²) in [5.41, 5.74) is 1.10. The lowest BCUT2D eigenvalue weighted by Crippen LogP contribution is -2.37. The smallest absolute Gasteiger partial charge is 0.196 e. The van der Waals surface area contributed by atoms with E-state index < -0.39 is 6.10 Å². The van der Waals surface area contributed by atoms with Crippen LogP contribution in [0, 0.1) is 0 Å². The highest BCUT2D eigenvalue weighted by atomic mass is 16.5. The Morgan fingerprint density at radius 1 is 1.29 bits per heavy atom. The molecule has 0 aromatic heterocycles. The molecule has 110 valence electrons. The maximum atomic E-state index is 12.6. The average molecular weight is 288 g/mol. The van der Waals surface area contributed by atoms with Crippen LogP contribution in [-0.4, -0.2) is 40.6 Å². The van der Waals surface area contributed by atoms with E-state index >= 15 is 0 Å². The lowest BCUT2D eigenvalue weighted by Gasteiger charge is -2.34. The van der Waals surface area contributed by atoms with Gasteiger partial charge in [-0.05, 0) is 19.4 Å². The van der Waals surface area contributed by atoms with Crippen LogP contribution in [0.3, 0.4) is 0 Å². The number of benzene rings is 1. The number of phenolic OH excluding ortho intramolecular Hbond substituents is 1. The maximum Gasteiger partial charge on any atom is 0.196 e. The van der Waals surface area contributed by atoms with E-state index in [2.05, 4.69) is 0 Å². The van der Waals surface area contributed by atoms with Crippen LogP contribution in [0.15, 0.2) is 29.3 Å². The highest BCUT2D eigenvalue weighted by Gasteiger charge is 2.40. The molecule has 21 heavy (non-hydrogen) atoms. The summed E-state index contributed by atoms with van der Waals surface area (Å²) in [6.07, 6.45) is -0.0380. The number of rotatable bonds is 2. The van der Waals surface area contributed by atoms with Gasteiger partial charge in [-0.3, -0.25) is 9.59 Å². The highest BCUT2D eigenvalue weighted by Crippen LogP contribution is 2.38. The molecule has 1 heterocycles. The second-order valence-corrected chi connectivity index (χ2v) is 5.37. The van der Waals surface area contributed by atoms with Crippen molar-refractivity contribution in [1.29, 1.82) is 0 Å². The maximum absolute atomic E-state index is 12.6. The van der Waals surface area contributed by atoms with Gasteiger partial charge >= 0.3 is 0 Å². The second kappa shape index (κ2) is 5.09. The van der Waals surface area contributed by atoms with Crippen LogP contribution >= 0.6 is 0 Å². The zero-order valence-electron chi connectivity index (χ0n) is 11.6. The van der Waals surface area contributed by atoms with Crippen LogP contribution < -0.4 is 0 Å². The van der Waals surface area contributed by atoms with E-state index in [-0.39, 0.29) is 41.2 Å². The predicted molar refractivity (Wildman–Crippen MR) is 74.4 cm³/mol. The third-order valence-corrected chi connectivity index (χ3v) is 4.04. The molecular formula is C16H16O5. The summed E-state index contributed by atoms with van der Waals surface area (Å²) in [4.78, 5) is 25.2. The number of carbonyl (C=O) groups excluding carboxylic acids is 2. The van der Waals surface area contributed by atoms with Crippen molar-refractivity contribution in [3.8, 4) is 5.75 Å². The van der Waals surface area contributed by atoms with Gasteiger partial charge in [-0.2, -0.15) is 0 Å². The van der Waals surface area contributed by atoms with E-state index in [9.17, 15) is 14.7 Å². The number of carbonyl (C=O) groups is 2. The molecule has 5 heteroatoms. The van der Waals surface area contributed by atoms with Crippen molar-refractivity contribution in [2.24, 2.45) is 0 Å². The van der Waals surface area contributed by atoms with Crippen molar-refractivity contribution in [2.45, 2.75) is 32.0 Å². The van der Waals surface area contributed by atoms with Gasteiger partial charge in [0, 0.05) is 29.7 Å². The number of hydrogen-bond acceptors (Lipinski definition) is 5. The fourth-order valence-electron chi connectivity index (χ4n) is 3.10. The molecule has 0 saturated heterocycles. The Balaban J connectivity index is 2.11. The molecule has 0 amide bonds. The molecule has 0 saturated carbocycles. The van der Waals surface area contributed by atoms with Gasteiger partial charge in [0.25, 0.3) is 0 Å². The van der Waals surface area contributed by atoms with Crippen molar-refractivity contribution in [3.05, 3.63) is 40.5 Å². The van der Waals surface area contributed by atoms with Gasteiger partial charge in [-0.15, -0.1) is 0 Å². The SMILES string of the molecule is C[C@H]1O[C@H](CCO)CC2=C1C(=O)c1c(O)cccc1C2=O. The molecule has 1 aromatic rings. The first-order valence-corrected chi connectivity index (χ1v) is 6.95. The number of aliphatic hydroxyl groups is 1. The van der Waals surface area contributed by atoms with Crippen LogP contribution in [0.1, 0.15) is 40.5 Å². The summed E-state index contributed by atoms with van der Waals surface area (Å²) >= 11 is 0. The average Bonchev–Trinajstić information content (AvgIpc) is 2.44. The van der Waals surface area contributed by atoms with Gasteiger partial charge in [-0.1, -0.05) is 12.1 Å². The Bertz CT molecular complexity index is 659. The third kappa shape index (κ3) is 2.09. The molecule has 5 nitrogen and oxygen atoms in total. The first-order valence-electron chi connectivity index (χ1n) is 6.95.